The van der Waals surface area contributed by atoms with E-state index in [1.54, 1.807) is 0 Å². The number of carbonyl (C=O) groups excluding carboxylic acids is 2. The van der Waals surface area contributed by atoms with Crippen LogP contribution in [0, 0.1) is 11.6 Å². The van der Waals surface area contributed by atoms with Crippen LogP contribution in [0.25, 0.3) is 0 Å². The van der Waals surface area contributed by atoms with Crippen molar-refractivity contribution in [1.29, 1.82) is 0 Å². The molecule has 2 bridgehead atoms. The van der Waals surface area contributed by atoms with Crippen molar-refractivity contribution in [3.05, 3.63) is 57.0 Å². The zero-order chi connectivity index (χ0) is 22.7. The first kappa shape index (κ1) is 24.3. The van der Waals surface area contributed by atoms with E-state index in [2.05, 4.69) is 14.6 Å². The molecular weight excluding hydrogens is 466 g/mol. The normalized spacial score (nSPS) is 22.9. The molecule has 2 amide bonds. The summed E-state index contributed by atoms with van der Waals surface area (Å²) < 4.78 is 35.3. The van der Waals surface area contributed by atoms with E-state index in [9.17, 15) is 28.3 Å². The number of benzene rings is 1. The third-order valence-corrected chi connectivity index (χ3v) is 6.61. The molecule has 1 aliphatic carbocycles. The summed E-state index contributed by atoms with van der Waals surface area (Å²) in [7, 11) is 2.17. The molecule has 3 aliphatic rings. The molecule has 1 saturated carbocycles. The number of hydrogen-bond donors (Lipinski definition) is 1. The van der Waals surface area contributed by atoms with E-state index in [-0.39, 0.29) is 59.5 Å². The van der Waals surface area contributed by atoms with Crippen molar-refractivity contribution in [3.8, 4) is 5.75 Å². The van der Waals surface area contributed by atoms with Gasteiger partial charge >= 0.3 is 29.6 Å². The zero-order valence-electron chi connectivity index (χ0n) is 17.8. The molecule has 0 radical (unpaired) electrons. The number of halogens is 2. The number of nitrogens with one attached hydrogen (secondary N) is 1. The van der Waals surface area contributed by atoms with Gasteiger partial charge in [0.1, 0.15) is 22.9 Å². The number of fused-ring (bicyclic) bond motifs is 5. The molecule has 33 heavy (non-hydrogen) atoms. The van der Waals surface area contributed by atoms with Crippen molar-refractivity contribution in [2.24, 2.45) is 0 Å². The minimum Gasteiger partial charge on any atom is -0.868 e. The predicted molar refractivity (Wildman–Crippen MR) is 109 cm³/mol. The molecule has 8 nitrogen and oxygen atoms in total. The SMILES string of the molecule is O=C(NCc1c(F)cc(P)cc1F)c1cn2c(c([O-])c1=O)C(=O)N1C3CCC(C3)OC1C2.[Na+]. The quantitative estimate of drug-likeness (QED) is 0.379. The van der Waals surface area contributed by atoms with Crippen LogP contribution in [0.1, 0.15) is 45.7 Å². The average Bonchev–Trinajstić information content (AvgIpc) is 3.10. The zero-order valence-corrected chi connectivity index (χ0v) is 20.9. The van der Waals surface area contributed by atoms with Crippen LogP contribution in [0.2, 0.25) is 0 Å². The summed E-state index contributed by atoms with van der Waals surface area (Å²) in [5, 5.41) is 15.3. The van der Waals surface area contributed by atoms with Crippen LogP contribution in [-0.4, -0.2) is 39.7 Å². The van der Waals surface area contributed by atoms with Crippen molar-refractivity contribution in [2.45, 2.75) is 50.7 Å². The van der Waals surface area contributed by atoms with Crippen LogP contribution in [0.3, 0.4) is 0 Å². The van der Waals surface area contributed by atoms with Crippen molar-refractivity contribution in [2.75, 3.05) is 0 Å². The fourth-order valence-electron chi connectivity index (χ4n) is 4.76. The van der Waals surface area contributed by atoms with Gasteiger partial charge in [-0.1, -0.05) is 0 Å². The summed E-state index contributed by atoms with van der Waals surface area (Å²) in [6, 6.07) is 2.15. The van der Waals surface area contributed by atoms with Crippen molar-refractivity contribution >= 4 is 26.4 Å². The fourth-order valence-corrected chi connectivity index (χ4v) is 5.05. The molecule has 4 unspecified atom stereocenters. The number of amides is 2. The Hall–Kier alpha value is -1.84. The van der Waals surface area contributed by atoms with Gasteiger partial charge < -0.3 is 24.6 Å². The Morgan fingerprint density at radius 1 is 1.24 bits per heavy atom. The molecule has 3 heterocycles. The van der Waals surface area contributed by atoms with E-state index in [4.69, 9.17) is 4.74 Å². The van der Waals surface area contributed by atoms with Crippen LogP contribution in [0.5, 0.6) is 5.75 Å². The topological polar surface area (TPSA) is 104 Å². The van der Waals surface area contributed by atoms with Crippen molar-refractivity contribution < 1.29 is 57.8 Å². The van der Waals surface area contributed by atoms with Crippen LogP contribution >= 0.6 is 9.24 Å². The summed E-state index contributed by atoms with van der Waals surface area (Å²) in [6.07, 6.45) is 2.90. The molecule has 5 rings (SSSR count). The van der Waals surface area contributed by atoms with E-state index in [0.29, 0.717) is 11.7 Å². The minimum atomic E-state index is -1.14. The van der Waals surface area contributed by atoms with Gasteiger partial charge in [-0.2, -0.15) is 0 Å². The van der Waals surface area contributed by atoms with Crippen LogP contribution in [0.4, 0.5) is 8.78 Å². The molecule has 1 aromatic heterocycles. The first-order chi connectivity index (χ1) is 15.2. The molecule has 168 valence electrons. The summed E-state index contributed by atoms with van der Waals surface area (Å²) in [4.78, 5) is 39.7. The second-order valence-electron chi connectivity index (χ2n) is 8.24. The average molecular weight is 485 g/mol. The van der Waals surface area contributed by atoms with Crippen molar-refractivity contribution in [3.63, 3.8) is 0 Å². The number of ether oxygens (including phenoxy) is 1. The third kappa shape index (κ3) is 4.12. The smallest absolute Gasteiger partial charge is 0.868 e. The van der Waals surface area contributed by atoms with Gasteiger partial charge in [0.2, 0.25) is 0 Å². The number of rotatable bonds is 3. The summed E-state index contributed by atoms with van der Waals surface area (Å²) in [5.41, 5.74) is -2.31. The standard InChI is InChI=1S/C21H20F2N3O5P.Na/c22-14-4-11(32)5-15(23)12(14)6-24-20(29)13-7-25-8-16-26(9-1-2-10(3-9)31-16)21(30)17(25)19(28)18(13)27;/h4-5,7,9-10,16,28H,1-3,6,8,32H2,(H,24,29);/q;+1/p-1. The monoisotopic (exact) mass is 485 g/mol. The summed E-state index contributed by atoms with van der Waals surface area (Å²) in [5.74, 6) is -4.32. The summed E-state index contributed by atoms with van der Waals surface area (Å²) >= 11 is 0. The summed E-state index contributed by atoms with van der Waals surface area (Å²) in [6.45, 7) is -0.401. The fraction of sp³-hybridized carbons (Fsp3) is 0.381. The third-order valence-electron chi connectivity index (χ3n) is 6.27. The van der Waals surface area contributed by atoms with Crippen molar-refractivity contribution in [1.82, 2.24) is 14.8 Å². The van der Waals surface area contributed by atoms with E-state index in [0.717, 1.165) is 31.2 Å². The van der Waals surface area contributed by atoms with E-state index >= 15 is 0 Å². The molecule has 2 aliphatic heterocycles. The van der Waals surface area contributed by atoms with Gasteiger partial charge in [0.15, 0.2) is 11.7 Å². The van der Waals surface area contributed by atoms with Gasteiger partial charge in [-0.05, 0) is 42.4 Å². The van der Waals surface area contributed by atoms with E-state index in [1.807, 2.05) is 0 Å². The van der Waals surface area contributed by atoms with Crippen LogP contribution in [0.15, 0.2) is 23.1 Å². The molecule has 2 aromatic rings. The first-order valence-electron chi connectivity index (χ1n) is 10.2. The van der Waals surface area contributed by atoms with Gasteiger partial charge in [0, 0.05) is 24.3 Å². The van der Waals surface area contributed by atoms with Crippen LogP contribution < -0.4 is 50.7 Å². The Labute approximate surface area is 211 Å². The maximum atomic E-state index is 14.0. The van der Waals surface area contributed by atoms with Gasteiger partial charge in [-0.25, -0.2) is 8.78 Å². The number of carbonyl (C=O) groups is 2. The van der Waals surface area contributed by atoms with Gasteiger partial charge in [0.25, 0.3) is 11.8 Å². The second kappa shape index (κ2) is 9.07. The maximum absolute atomic E-state index is 14.0. The molecule has 1 N–H and O–H groups in total. The molecule has 1 saturated heterocycles. The van der Waals surface area contributed by atoms with E-state index < -0.39 is 53.0 Å². The molecule has 4 atom stereocenters. The number of pyridine rings is 1. The molecule has 2 fully saturated rings. The van der Waals surface area contributed by atoms with Gasteiger partial charge in [0.05, 0.1) is 12.6 Å². The number of hydrogen-bond acceptors (Lipinski definition) is 5. The Morgan fingerprint density at radius 2 is 1.94 bits per heavy atom. The first-order valence-corrected chi connectivity index (χ1v) is 10.8. The van der Waals surface area contributed by atoms with Crippen LogP contribution in [-0.2, 0) is 17.8 Å². The molecule has 12 heteroatoms. The minimum absolute atomic E-state index is 0. The number of nitrogens with zero attached hydrogens (tertiary/aromatic N) is 2. The largest absolute Gasteiger partial charge is 1.00 e. The Balaban J connectivity index is 0.00000259. The molecule has 1 aromatic carbocycles. The Morgan fingerprint density at radius 3 is 2.64 bits per heavy atom. The second-order valence-corrected chi connectivity index (χ2v) is 8.91. The maximum Gasteiger partial charge on any atom is 1.00 e. The van der Waals surface area contributed by atoms with Gasteiger partial charge in [-0.3, -0.25) is 14.4 Å². The molecule has 0 spiro atoms. The molecular formula is C21H19F2N3NaO5P. The predicted octanol–water partition coefficient (Wildman–Crippen LogP) is -2.63. The number of aromatic nitrogens is 1. The van der Waals surface area contributed by atoms with E-state index in [1.165, 1.54) is 9.47 Å². The van der Waals surface area contributed by atoms with Gasteiger partial charge in [-0.15, -0.1) is 9.24 Å². The Bertz CT molecular complexity index is 1200. The Kier molecular flexibility index (Phi) is 6.68.